The van der Waals surface area contributed by atoms with Crippen molar-refractivity contribution in [1.82, 2.24) is 0 Å². The third-order valence-electron chi connectivity index (χ3n) is 5.59. The largest absolute Gasteiger partial charge is 0.490 e. The van der Waals surface area contributed by atoms with Crippen molar-refractivity contribution in [3.63, 3.8) is 0 Å². The molecule has 6 heteroatoms. The van der Waals surface area contributed by atoms with Crippen LogP contribution in [-0.4, -0.2) is 45.6 Å². The summed E-state index contributed by atoms with van der Waals surface area (Å²) in [5.74, 6) is 2.14. The Morgan fingerprint density at radius 3 is 1.89 bits per heavy atom. The van der Waals surface area contributed by atoms with Crippen molar-refractivity contribution in [3.8, 4) is 17.2 Å². The molecular weight excluding hydrogens is 444 g/mol. The van der Waals surface area contributed by atoms with Gasteiger partial charge in [-0.1, -0.05) is 61.2 Å². The molecule has 0 spiro atoms. The monoisotopic (exact) mass is 474 g/mol. The van der Waals surface area contributed by atoms with Crippen LogP contribution in [0.1, 0.15) is 11.1 Å². The summed E-state index contributed by atoms with van der Waals surface area (Å²) in [7, 11) is 0. The number of carbonyl (C=O) groups is 1. The summed E-state index contributed by atoms with van der Waals surface area (Å²) in [4.78, 5) is 11.1. The molecule has 0 aliphatic heterocycles. The van der Waals surface area contributed by atoms with E-state index in [-0.39, 0.29) is 6.61 Å². The van der Waals surface area contributed by atoms with Crippen LogP contribution in [0.15, 0.2) is 79.4 Å². The molecule has 0 aromatic heterocycles. The van der Waals surface area contributed by atoms with Gasteiger partial charge in [-0.05, 0) is 25.0 Å². The number of esters is 1. The highest BCUT2D eigenvalue weighted by atomic mass is 16.6. The van der Waals surface area contributed by atoms with E-state index < -0.39 is 5.97 Å². The van der Waals surface area contributed by atoms with E-state index in [0.717, 1.165) is 58.1 Å². The smallest absolute Gasteiger partial charge is 0.330 e. The van der Waals surface area contributed by atoms with E-state index in [4.69, 9.17) is 23.7 Å². The summed E-state index contributed by atoms with van der Waals surface area (Å²) in [5.41, 5.74) is 2.29. The van der Waals surface area contributed by atoms with Gasteiger partial charge in [0.05, 0.1) is 13.2 Å². The molecule has 0 amide bonds. The number of benzene rings is 3. The molecule has 0 radical (unpaired) electrons. The average Bonchev–Trinajstić information content (AvgIpc) is 2.91. The maximum absolute atomic E-state index is 11.1. The van der Waals surface area contributed by atoms with E-state index in [1.54, 1.807) is 0 Å². The van der Waals surface area contributed by atoms with Crippen molar-refractivity contribution in [2.45, 2.75) is 12.8 Å². The summed E-state index contributed by atoms with van der Waals surface area (Å²) < 4.78 is 28.8. The molecule has 3 aromatic carbocycles. The van der Waals surface area contributed by atoms with Gasteiger partial charge in [-0.3, -0.25) is 0 Å². The Balaban J connectivity index is 1.43. The maximum atomic E-state index is 11.1. The van der Waals surface area contributed by atoms with Crippen LogP contribution in [0.5, 0.6) is 17.2 Å². The molecule has 0 saturated heterocycles. The van der Waals surface area contributed by atoms with Gasteiger partial charge in [0.1, 0.15) is 43.7 Å². The zero-order valence-electron chi connectivity index (χ0n) is 19.7. The van der Waals surface area contributed by atoms with Crippen molar-refractivity contribution in [2.24, 2.45) is 0 Å². The fourth-order valence-corrected chi connectivity index (χ4v) is 4.03. The normalized spacial score (nSPS) is 12.1. The molecule has 35 heavy (non-hydrogen) atoms. The Labute approximate surface area is 205 Å². The summed E-state index contributed by atoms with van der Waals surface area (Å²) in [6.07, 6.45) is 7.04. The number of hydrogen-bond donors (Lipinski definition) is 0. The lowest BCUT2D eigenvalue weighted by molar-refractivity contribution is -0.139. The predicted octanol–water partition coefficient (Wildman–Crippen LogP) is 5.08. The Morgan fingerprint density at radius 2 is 1.26 bits per heavy atom. The van der Waals surface area contributed by atoms with E-state index in [1.165, 1.54) is 0 Å². The van der Waals surface area contributed by atoms with Crippen molar-refractivity contribution < 1.29 is 28.5 Å². The molecule has 0 saturated carbocycles. The van der Waals surface area contributed by atoms with Gasteiger partial charge in [0, 0.05) is 28.0 Å². The van der Waals surface area contributed by atoms with Gasteiger partial charge in [-0.2, -0.15) is 0 Å². The van der Waals surface area contributed by atoms with E-state index in [1.807, 2.05) is 42.5 Å². The highest BCUT2D eigenvalue weighted by molar-refractivity contribution is 5.96. The van der Waals surface area contributed by atoms with Gasteiger partial charge in [0.25, 0.3) is 0 Å². The molecule has 4 rings (SSSR count). The molecule has 1 aliphatic rings. The molecule has 0 atom stereocenters. The average molecular weight is 475 g/mol. The Morgan fingerprint density at radius 1 is 0.714 bits per heavy atom. The number of allylic oxidation sites excluding steroid dienone is 2. The molecule has 0 fully saturated rings. The van der Waals surface area contributed by atoms with E-state index in [9.17, 15) is 4.79 Å². The lowest BCUT2D eigenvalue weighted by Crippen LogP contribution is -2.15. The summed E-state index contributed by atoms with van der Waals surface area (Å²) in [6.45, 7) is 5.54. The highest BCUT2D eigenvalue weighted by Crippen LogP contribution is 2.43. The molecule has 0 heterocycles. The first-order valence-electron chi connectivity index (χ1n) is 11.8. The Kier molecular flexibility index (Phi) is 8.79. The van der Waals surface area contributed by atoms with Crippen LogP contribution in [-0.2, 0) is 27.1 Å². The van der Waals surface area contributed by atoms with Crippen LogP contribution in [0, 0.1) is 0 Å². The maximum Gasteiger partial charge on any atom is 0.330 e. The third-order valence-corrected chi connectivity index (χ3v) is 5.59. The van der Waals surface area contributed by atoms with Crippen LogP contribution in [0.2, 0.25) is 0 Å². The number of ether oxygens (including phenoxy) is 5. The topological polar surface area (TPSA) is 63.2 Å². The first kappa shape index (κ1) is 24.4. The van der Waals surface area contributed by atoms with Crippen molar-refractivity contribution >= 4 is 16.7 Å². The van der Waals surface area contributed by atoms with Gasteiger partial charge in [-0.25, -0.2) is 4.79 Å². The first-order chi connectivity index (χ1) is 17.3. The first-order valence-corrected chi connectivity index (χ1v) is 11.8. The van der Waals surface area contributed by atoms with Crippen LogP contribution >= 0.6 is 0 Å². The summed E-state index contributed by atoms with van der Waals surface area (Å²) >= 11 is 0. The van der Waals surface area contributed by atoms with Crippen LogP contribution in [0.4, 0.5) is 0 Å². The number of rotatable bonds is 13. The van der Waals surface area contributed by atoms with E-state index in [0.29, 0.717) is 33.0 Å². The van der Waals surface area contributed by atoms with Gasteiger partial charge >= 0.3 is 5.97 Å². The zero-order chi connectivity index (χ0) is 24.3. The second-order valence-corrected chi connectivity index (χ2v) is 7.88. The zero-order valence-corrected chi connectivity index (χ0v) is 19.7. The Hall–Kier alpha value is -3.77. The number of carbonyl (C=O) groups excluding carboxylic acids is 1. The predicted molar refractivity (Wildman–Crippen MR) is 135 cm³/mol. The van der Waals surface area contributed by atoms with Crippen LogP contribution in [0.25, 0.3) is 10.8 Å². The minimum absolute atomic E-state index is 0.188. The van der Waals surface area contributed by atoms with Gasteiger partial charge in [-0.15, -0.1) is 0 Å². The molecule has 0 bridgehead atoms. The van der Waals surface area contributed by atoms with E-state index in [2.05, 4.69) is 30.9 Å². The van der Waals surface area contributed by atoms with Crippen molar-refractivity contribution in [3.05, 3.63) is 90.5 Å². The SMILES string of the molecule is C=CC(=O)OCCOCCOc1c2c(c(OCCOc3ccccc3)c3ccccc13)CC=CC2. The molecule has 0 unspecified atom stereocenters. The van der Waals surface area contributed by atoms with Crippen molar-refractivity contribution in [1.29, 1.82) is 0 Å². The molecule has 3 aromatic rings. The number of fused-ring (bicyclic) bond motifs is 2. The third kappa shape index (κ3) is 6.43. The molecular formula is C29H30O6. The van der Waals surface area contributed by atoms with E-state index >= 15 is 0 Å². The highest BCUT2D eigenvalue weighted by Gasteiger charge is 2.22. The fraction of sp³-hybridized carbons (Fsp3) is 0.276. The number of para-hydroxylation sites is 1. The minimum Gasteiger partial charge on any atom is -0.490 e. The van der Waals surface area contributed by atoms with Gasteiger partial charge in [0.15, 0.2) is 0 Å². The summed E-state index contributed by atoms with van der Waals surface area (Å²) in [5, 5.41) is 2.04. The summed E-state index contributed by atoms with van der Waals surface area (Å²) in [6, 6.07) is 17.9. The molecule has 1 aliphatic carbocycles. The number of hydrogen-bond acceptors (Lipinski definition) is 6. The lowest BCUT2D eigenvalue weighted by Gasteiger charge is -2.23. The molecule has 182 valence electrons. The standard InChI is InChI=1S/C29H30O6/c1-2-27(30)33-18-16-31-17-19-34-28-23-12-6-8-14-25(23)29(26-15-9-7-13-24(26)28)35-21-20-32-22-10-4-3-5-11-22/h2-12,14H,1,13,15-21H2. The van der Waals surface area contributed by atoms with Crippen molar-refractivity contribution in [2.75, 3.05) is 39.6 Å². The molecule has 6 nitrogen and oxygen atoms in total. The quantitative estimate of drug-likeness (QED) is 0.149. The fourth-order valence-electron chi connectivity index (χ4n) is 4.03. The van der Waals surface area contributed by atoms with Crippen LogP contribution in [0.3, 0.4) is 0 Å². The Bertz CT molecular complexity index is 1170. The second-order valence-electron chi connectivity index (χ2n) is 7.88. The minimum atomic E-state index is -0.454. The van der Waals surface area contributed by atoms with Crippen LogP contribution < -0.4 is 14.2 Å². The second kappa shape index (κ2) is 12.6. The lowest BCUT2D eigenvalue weighted by atomic mass is 9.90. The van der Waals surface area contributed by atoms with Gasteiger partial charge in [0.2, 0.25) is 0 Å². The molecule has 0 N–H and O–H groups in total. The van der Waals surface area contributed by atoms with Gasteiger partial charge < -0.3 is 23.7 Å².